The normalized spacial score (nSPS) is 19.3. The largest absolute Gasteiger partial charge is 0.498 e. The molecule has 3 rings (SSSR count). The molecule has 1 aliphatic rings. The van der Waals surface area contributed by atoms with E-state index in [4.69, 9.17) is 20.9 Å². The Morgan fingerprint density at radius 3 is 2.52 bits per heavy atom. The Hall–Kier alpha value is -1.37. The summed E-state index contributed by atoms with van der Waals surface area (Å²) >= 11 is 5.81. The van der Waals surface area contributed by atoms with Crippen LogP contribution in [-0.2, 0) is 15.9 Å². The van der Waals surface area contributed by atoms with Gasteiger partial charge in [-0.2, -0.15) is 5.10 Å². The molecule has 0 atom stereocenters. The van der Waals surface area contributed by atoms with Gasteiger partial charge >= 0.3 is 7.12 Å². The summed E-state index contributed by atoms with van der Waals surface area (Å²) in [6.45, 7) is 8.29. The van der Waals surface area contributed by atoms with Crippen LogP contribution in [0.25, 0.3) is 0 Å². The first-order chi connectivity index (χ1) is 10.7. The highest BCUT2D eigenvalue weighted by atomic mass is 35.5. The maximum Gasteiger partial charge on any atom is 0.498 e. The quantitative estimate of drug-likeness (QED) is 0.808. The Morgan fingerprint density at radius 1 is 1.22 bits per heavy atom. The molecule has 0 saturated carbocycles. The van der Waals surface area contributed by atoms with Crippen molar-refractivity contribution in [2.75, 3.05) is 0 Å². The van der Waals surface area contributed by atoms with Crippen LogP contribution in [-0.4, -0.2) is 28.1 Å². The lowest BCUT2D eigenvalue weighted by molar-refractivity contribution is 0.00578. The van der Waals surface area contributed by atoms with Gasteiger partial charge in [0, 0.05) is 23.4 Å². The molecule has 0 amide bonds. The van der Waals surface area contributed by atoms with Crippen LogP contribution in [0.2, 0.25) is 5.02 Å². The van der Waals surface area contributed by atoms with E-state index in [2.05, 4.69) is 5.10 Å². The minimum atomic E-state index is -0.474. The van der Waals surface area contributed by atoms with Crippen LogP contribution in [0.5, 0.6) is 0 Å². The molecule has 0 unspecified atom stereocenters. The lowest BCUT2D eigenvalue weighted by atomic mass is 9.82. The number of halogens is 2. The standard InChI is InChI=1S/C16H19BClFN2O2/c1-15(2)16(3,4)23-17(22-15)12-8-20-21(10-12)9-11-6-5-7-13(18)14(11)19/h5-8,10H,9H2,1-4H3. The van der Waals surface area contributed by atoms with E-state index in [1.54, 1.807) is 23.0 Å². The maximum absolute atomic E-state index is 14.0. The summed E-state index contributed by atoms with van der Waals surface area (Å²) in [4.78, 5) is 0. The van der Waals surface area contributed by atoms with E-state index in [1.807, 2.05) is 33.9 Å². The van der Waals surface area contributed by atoms with Crippen molar-refractivity contribution < 1.29 is 13.7 Å². The fourth-order valence-electron chi connectivity index (χ4n) is 2.41. The third-order valence-electron chi connectivity index (χ3n) is 4.54. The van der Waals surface area contributed by atoms with Crippen LogP contribution < -0.4 is 5.46 Å². The average Bonchev–Trinajstić information content (AvgIpc) is 2.98. The van der Waals surface area contributed by atoms with Gasteiger partial charge in [-0.1, -0.05) is 23.7 Å². The third-order valence-corrected chi connectivity index (χ3v) is 4.83. The summed E-state index contributed by atoms with van der Waals surface area (Å²) < 4.78 is 27.6. The van der Waals surface area contributed by atoms with Gasteiger partial charge in [-0.3, -0.25) is 4.68 Å². The molecule has 1 aromatic heterocycles. The highest BCUT2D eigenvalue weighted by Crippen LogP contribution is 2.36. The van der Waals surface area contributed by atoms with Gasteiger partial charge in [0.1, 0.15) is 5.82 Å². The van der Waals surface area contributed by atoms with Crippen molar-refractivity contribution in [3.63, 3.8) is 0 Å². The van der Waals surface area contributed by atoms with Crippen LogP contribution in [0.15, 0.2) is 30.6 Å². The molecule has 1 aliphatic heterocycles. The molecular weight excluding hydrogens is 317 g/mol. The topological polar surface area (TPSA) is 36.3 Å². The van der Waals surface area contributed by atoms with E-state index in [1.165, 1.54) is 6.07 Å². The molecule has 2 aromatic rings. The zero-order valence-corrected chi connectivity index (χ0v) is 14.4. The molecule has 0 spiro atoms. The van der Waals surface area contributed by atoms with Crippen LogP contribution in [0.4, 0.5) is 4.39 Å². The number of aromatic nitrogens is 2. The molecular formula is C16H19BClFN2O2. The van der Waals surface area contributed by atoms with Gasteiger partial charge < -0.3 is 9.31 Å². The van der Waals surface area contributed by atoms with Crippen molar-refractivity contribution in [1.29, 1.82) is 0 Å². The Kier molecular flexibility index (Phi) is 4.03. The van der Waals surface area contributed by atoms with Gasteiger partial charge in [0.05, 0.1) is 22.8 Å². The first-order valence-corrected chi connectivity index (χ1v) is 7.88. The number of nitrogens with zero attached hydrogens (tertiary/aromatic N) is 2. The molecule has 7 heteroatoms. The number of hydrogen-bond acceptors (Lipinski definition) is 3. The van der Waals surface area contributed by atoms with E-state index >= 15 is 0 Å². The van der Waals surface area contributed by atoms with Gasteiger partial charge in [0.2, 0.25) is 0 Å². The summed E-state index contributed by atoms with van der Waals surface area (Å²) in [6.07, 6.45) is 3.49. The highest BCUT2D eigenvalue weighted by Gasteiger charge is 2.52. The maximum atomic E-state index is 14.0. The average molecular weight is 337 g/mol. The van der Waals surface area contributed by atoms with E-state index in [-0.39, 0.29) is 5.02 Å². The molecule has 1 saturated heterocycles. The van der Waals surface area contributed by atoms with Gasteiger partial charge in [0.25, 0.3) is 0 Å². The van der Waals surface area contributed by atoms with Gasteiger partial charge in [-0.25, -0.2) is 4.39 Å². The van der Waals surface area contributed by atoms with Crippen molar-refractivity contribution in [2.24, 2.45) is 0 Å². The summed E-state index contributed by atoms with van der Waals surface area (Å²) in [5, 5.41) is 4.38. The second-order valence-electron chi connectivity index (χ2n) is 6.77. The Morgan fingerprint density at radius 2 is 1.87 bits per heavy atom. The van der Waals surface area contributed by atoms with Crippen molar-refractivity contribution in [3.8, 4) is 0 Å². The zero-order chi connectivity index (χ0) is 16.8. The van der Waals surface area contributed by atoms with Crippen LogP contribution in [0, 0.1) is 5.82 Å². The van der Waals surface area contributed by atoms with Crippen molar-refractivity contribution in [2.45, 2.75) is 45.4 Å². The second kappa shape index (κ2) is 5.62. The van der Waals surface area contributed by atoms with Crippen molar-refractivity contribution >= 4 is 24.2 Å². The number of benzene rings is 1. The van der Waals surface area contributed by atoms with Crippen LogP contribution in [0.3, 0.4) is 0 Å². The predicted molar refractivity (Wildman–Crippen MR) is 88.5 cm³/mol. The van der Waals surface area contributed by atoms with E-state index in [9.17, 15) is 4.39 Å². The fourth-order valence-corrected chi connectivity index (χ4v) is 2.61. The van der Waals surface area contributed by atoms with Crippen molar-refractivity contribution in [1.82, 2.24) is 9.78 Å². The SMILES string of the molecule is CC1(C)OB(c2cnn(Cc3cccc(Cl)c3F)c2)OC1(C)C. The summed E-state index contributed by atoms with van der Waals surface area (Å²) in [5.74, 6) is -0.415. The Balaban J connectivity index is 1.78. The van der Waals surface area contributed by atoms with Crippen molar-refractivity contribution in [3.05, 3.63) is 47.0 Å². The van der Waals surface area contributed by atoms with Crippen LogP contribution >= 0.6 is 11.6 Å². The minimum absolute atomic E-state index is 0.112. The summed E-state index contributed by atoms with van der Waals surface area (Å²) in [7, 11) is -0.474. The molecule has 4 nitrogen and oxygen atoms in total. The molecule has 23 heavy (non-hydrogen) atoms. The molecule has 0 radical (unpaired) electrons. The van der Waals surface area contributed by atoms with Gasteiger partial charge in [0.15, 0.2) is 0 Å². The fraction of sp³-hybridized carbons (Fsp3) is 0.438. The molecule has 122 valence electrons. The first-order valence-electron chi connectivity index (χ1n) is 7.50. The van der Waals surface area contributed by atoms with Crippen LogP contribution in [0.1, 0.15) is 33.3 Å². The molecule has 0 aliphatic carbocycles. The third kappa shape index (κ3) is 3.03. The monoisotopic (exact) mass is 336 g/mol. The summed E-state index contributed by atoms with van der Waals surface area (Å²) in [6, 6.07) is 4.94. The smallest absolute Gasteiger partial charge is 0.399 e. The lowest BCUT2D eigenvalue weighted by Gasteiger charge is -2.32. The Bertz CT molecular complexity index is 717. The molecule has 2 heterocycles. The zero-order valence-electron chi connectivity index (χ0n) is 13.6. The second-order valence-corrected chi connectivity index (χ2v) is 7.18. The van der Waals surface area contributed by atoms with E-state index < -0.39 is 24.1 Å². The molecule has 1 fully saturated rings. The van der Waals surface area contributed by atoms with Gasteiger partial charge in [-0.05, 0) is 33.8 Å². The molecule has 0 bridgehead atoms. The molecule has 1 aromatic carbocycles. The summed E-state index contributed by atoms with van der Waals surface area (Å²) in [5.41, 5.74) is 0.490. The minimum Gasteiger partial charge on any atom is -0.399 e. The highest BCUT2D eigenvalue weighted by molar-refractivity contribution is 6.62. The predicted octanol–water partition coefficient (Wildman–Crippen LogP) is 3.02. The number of hydrogen-bond donors (Lipinski definition) is 0. The first kappa shape index (κ1) is 16.5. The van der Waals surface area contributed by atoms with E-state index in [0.29, 0.717) is 12.1 Å². The lowest BCUT2D eigenvalue weighted by Crippen LogP contribution is -2.41. The number of rotatable bonds is 3. The van der Waals surface area contributed by atoms with E-state index in [0.717, 1.165) is 5.46 Å². The van der Waals surface area contributed by atoms with Gasteiger partial charge in [-0.15, -0.1) is 0 Å². The Labute approximate surface area is 140 Å². The molecule has 0 N–H and O–H groups in total.